The quantitative estimate of drug-likeness (QED) is 0.0964. The molecule has 1 aliphatic heterocycles. The fourth-order valence-electron chi connectivity index (χ4n) is 11.8. The first kappa shape index (κ1) is 38.6. The summed E-state index contributed by atoms with van der Waals surface area (Å²) in [7, 11) is 0. The second kappa shape index (κ2) is 15.4. The van der Waals surface area contributed by atoms with Gasteiger partial charge in [-0.05, 0) is 109 Å². The van der Waals surface area contributed by atoms with Gasteiger partial charge in [-0.25, -0.2) is 0 Å². The number of rotatable bonds is 10. The van der Waals surface area contributed by atoms with E-state index in [0.717, 1.165) is 31.4 Å². The summed E-state index contributed by atoms with van der Waals surface area (Å²) < 4.78 is 2.53. The minimum atomic E-state index is -0.526. The number of benzene rings is 9. The van der Waals surface area contributed by atoms with Crippen molar-refractivity contribution in [2.45, 2.75) is 44.6 Å². The fourth-order valence-corrected chi connectivity index (χ4v) is 11.8. The molecule has 0 saturated heterocycles. The maximum Gasteiger partial charge on any atom is 0.0754 e. The van der Waals surface area contributed by atoms with Crippen molar-refractivity contribution in [1.29, 1.82) is 0 Å². The highest BCUT2D eigenvalue weighted by molar-refractivity contribution is 6.14. The SMILES string of the molecule is CC/C(CC(=NCc1ccc2ccccc2c1-c1cccc2c1-c1ccccc1C21c2ccccc2-n2c3ccccc3c3cccc1c32)c1ccccc1)=C(/CC1=CC1)c1ccccc1. The Morgan fingerprint density at radius 2 is 1.17 bits per heavy atom. The minimum absolute atomic E-state index is 0.526. The molecule has 1 spiro atoms. The van der Waals surface area contributed by atoms with E-state index in [9.17, 15) is 0 Å². The lowest BCUT2D eigenvalue weighted by molar-refractivity contribution is 0.748. The lowest BCUT2D eigenvalue weighted by Crippen LogP contribution is -2.33. The molecule has 2 aliphatic carbocycles. The lowest BCUT2D eigenvalue weighted by atomic mass is 9.65. The maximum atomic E-state index is 5.70. The molecule has 66 heavy (non-hydrogen) atoms. The first-order valence-corrected chi connectivity index (χ1v) is 23.6. The molecule has 3 aliphatic rings. The molecule has 0 radical (unpaired) electrons. The van der Waals surface area contributed by atoms with Crippen LogP contribution >= 0.6 is 0 Å². The van der Waals surface area contributed by atoms with Crippen molar-refractivity contribution >= 4 is 43.9 Å². The Morgan fingerprint density at radius 1 is 0.530 bits per heavy atom. The van der Waals surface area contributed by atoms with Gasteiger partial charge in [0.25, 0.3) is 0 Å². The lowest BCUT2D eigenvalue weighted by Gasteiger charge is -2.39. The van der Waals surface area contributed by atoms with Crippen molar-refractivity contribution in [1.82, 2.24) is 4.57 Å². The normalized spacial score (nSPS) is 16.0. The molecule has 2 heterocycles. The predicted octanol–water partition coefficient (Wildman–Crippen LogP) is 16.2. The molecule has 0 bridgehead atoms. The average Bonchev–Trinajstić information content (AvgIpc) is 4.08. The average molecular weight is 845 g/mol. The van der Waals surface area contributed by atoms with Gasteiger partial charge in [-0.1, -0.05) is 218 Å². The van der Waals surface area contributed by atoms with Gasteiger partial charge in [0.1, 0.15) is 0 Å². The van der Waals surface area contributed by atoms with Gasteiger partial charge in [-0.2, -0.15) is 0 Å². The molecule has 314 valence electrons. The molecule has 10 aromatic rings. The summed E-state index contributed by atoms with van der Waals surface area (Å²) in [5, 5.41) is 5.07. The van der Waals surface area contributed by atoms with Gasteiger partial charge in [0.05, 0.1) is 28.7 Å². The van der Waals surface area contributed by atoms with E-state index in [2.05, 4.69) is 224 Å². The summed E-state index contributed by atoms with van der Waals surface area (Å²) in [6.07, 6.45) is 6.28. The molecule has 1 aromatic heterocycles. The third-order valence-electron chi connectivity index (χ3n) is 14.8. The van der Waals surface area contributed by atoms with E-state index >= 15 is 0 Å². The van der Waals surface area contributed by atoms with Gasteiger partial charge in [-0.15, -0.1) is 0 Å². The maximum absolute atomic E-state index is 5.70. The molecule has 1 unspecified atom stereocenters. The van der Waals surface area contributed by atoms with Crippen molar-refractivity contribution in [3.63, 3.8) is 0 Å². The van der Waals surface area contributed by atoms with E-state index in [1.165, 1.54) is 116 Å². The Hall–Kier alpha value is -7.81. The van der Waals surface area contributed by atoms with E-state index in [1.54, 1.807) is 0 Å². The Kier molecular flexibility index (Phi) is 9.03. The van der Waals surface area contributed by atoms with Crippen LogP contribution in [0.4, 0.5) is 0 Å². The van der Waals surface area contributed by atoms with Gasteiger partial charge in [-0.3, -0.25) is 4.99 Å². The standard InChI is InChI=1S/C64H48N2/c1-2-43(53(39-42-35-36-42)44-19-5-3-6-20-44)40-58(46-22-7-4-8-23-46)65-41-47-38-37-45-21-9-10-24-48(45)61(47)52-28-18-31-56-62(52)51-26-11-13-29-54(51)64(56)55-30-14-16-34-60(55)66-59-33-15-12-25-49(59)50-27-17-32-57(64)63(50)66/h3-35,37-38H,2,36,39-41H2,1H3/b53-43+,65-58?. The second-order valence-electron chi connectivity index (χ2n) is 18.3. The number of allylic oxidation sites excluding steroid dienone is 4. The van der Waals surface area contributed by atoms with Gasteiger partial charge in [0.15, 0.2) is 0 Å². The summed E-state index contributed by atoms with van der Waals surface area (Å²) in [6.45, 7) is 2.88. The molecular weight excluding hydrogens is 797 g/mol. The zero-order valence-corrected chi connectivity index (χ0v) is 37.1. The summed E-state index contributed by atoms with van der Waals surface area (Å²) in [5.41, 5.74) is 23.0. The predicted molar refractivity (Wildman–Crippen MR) is 277 cm³/mol. The molecule has 0 amide bonds. The van der Waals surface area contributed by atoms with E-state index in [-0.39, 0.29) is 0 Å². The Morgan fingerprint density at radius 3 is 1.98 bits per heavy atom. The zero-order chi connectivity index (χ0) is 43.8. The summed E-state index contributed by atoms with van der Waals surface area (Å²) in [4.78, 5) is 5.70. The van der Waals surface area contributed by atoms with Crippen molar-refractivity contribution < 1.29 is 0 Å². The van der Waals surface area contributed by atoms with Gasteiger partial charge in [0.2, 0.25) is 0 Å². The minimum Gasteiger partial charge on any atom is -0.309 e. The van der Waals surface area contributed by atoms with E-state index in [4.69, 9.17) is 4.99 Å². The van der Waals surface area contributed by atoms with Crippen LogP contribution in [0.3, 0.4) is 0 Å². The van der Waals surface area contributed by atoms with E-state index in [1.807, 2.05) is 0 Å². The second-order valence-corrected chi connectivity index (χ2v) is 18.3. The Balaban J connectivity index is 1.03. The van der Waals surface area contributed by atoms with Crippen molar-refractivity contribution in [2.24, 2.45) is 4.99 Å². The van der Waals surface area contributed by atoms with E-state index < -0.39 is 5.41 Å². The first-order valence-electron chi connectivity index (χ1n) is 23.6. The molecule has 0 N–H and O–H groups in total. The third-order valence-corrected chi connectivity index (χ3v) is 14.8. The molecule has 1 atom stereocenters. The number of nitrogens with zero attached hydrogens (tertiary/aromatic N) is 2. The monoisotopic (exact) mass is 844 g/mol. The number of aliphatic imine (C=N–C) groups is 1. The highest BCUT2D eigenvalue weighted by Crippen LogP contribution is 2.62. The molecule has 13 rings (SSSR count). The number of para-hydroxylation sites is 3. The van der Waals surface area contributed by atoms with Gasteiger partial charge >= 0.3 is 0 Å². The molecule has 0 fully saturated rings. The number of hydrogen-bond donors (Lipinski definition) is 0. The number of aromatic nitrogens is 1. The smallest absolute Gasteiger partial charge is 0.0754 e. The van der Waals surface area contributed by atoms with E-state index in [0.29, 0.717) is 6.54 Å². The largest absolute Gasteiger partial charge is 0.309 e. The number of fused-ring (bicyclic) bond motifs is 13. The zero-order valence-electron chi connectivity index (χ0n) is 37.1. The van der Waals surface area contributed by atoms with Crippen LogP contribution < -0.4 is 0 Å². The highest BCUT2D eigenvalue weighted by atomic mass is 15.0. The Bertz CT molecular complexity index is 3680. The summed E-state index contributed by atoms with van der Waals surface area (Å²) in [6, 6.07) is 76.9. The van der Waals surface area contributed by atoms with Crippen LogP contribution in [0, 0.1) is 0 Å². The van der Waals surface area contributed by atoms with Crippen LogP contribution in [0.1, 0.15) is 71.6 Å². The molecule has 2 nitrogen and oxygen atoms in total. The van der Waals surface area contributed by atoms with Crippen LogP contribution in [0.25, 0.3) is 66.1 Å². The number of hydrogen-bond acceptors (Lipinski definition) is 1. The topological polar surface area (TPSA) is 17.3 Å². The van der Waals surface area contributed by atoms with Crippen molar-refractivity contribution in [3.8, 4) is 27.9 Å². The summed E-state index contributed by atoms with van der Waals surface area (Å²) in [5.74, 6) is 0. The molecule has 9 aromatic carbocycles. The summed E-state index contributed by atoms with van der Waals surface area (Å²) >= 11 is 0. The van der Waals surface area contributed by atoms with Gasteiger partial charge < -0.3 is 4.57 Å². The molecule has 2 heteroatoms. The first-order chi connectivity index (χ1) is 32.7. The highest BCUT2D eigenvalue weighted by Gasteiger charge is 2.51. The Labute approximate surface area is 386 Å². The fraction of sp³-hybridized carbons (Fsp3) is 0.109. The van der Waals surface area contributed by atoms with Crippen LogP contribution in [0.2, 0.25) is 0 Å². The molecular formula is C64H48N2. The third kappa shape index (κ3) is 5.84. The van der Waals surface area contributed by atoms with Crippen LogP contribution in [-0.2, 0) is 12.0 Å². The van der Waals surface area contributed by atoms with Crippen molar-refractivity contribution in [3.05, 3.63) is 262 Å². The van der Waals surface area contributed by atoms with Gasteiger partial charge in [0, 0.05) is 22.9 Å². The molecule has 0 saturated carbocycles. The van der Waals surface area contributed by atoms with Crippen LogP contribution in [0.5, 0.6) is 0 Å². The van der Waals surface area contributed by atoms with Crippen LogP contribution in [0.15, 0.2) is 228 Å². The van der Waals surface area contributed by atoms with Crippen LogP contribution in [-0.4, -0.2) is 10.3 Å². The van der Waals surface area contributed by atoms with Crippen molar-refractivity contribution in [2.75, 3.05) is 0 Å².